The Morgan fingerprint density at radius 3 is 2.74 bits per heavy atom. The van der Waals surface area contributed by atoms with E-state index < -0.39 is 17.5 Å². The maximum Gasteiger partial charge on any atom is 0.270 e. The second-order valence-electron chi connectivity index (χ2n) is 9.32. The maximum atomic E-state index is 14.7. The average Bonchev–Trinajstić information content (AvgIpc) is 3.34. The number of carbonyl (C=O) groups excluding carboxylic acids is 1. The molecule has 8 nitrogen and oxygen atoms in total. The number of aromatic nitrogens is 5. The van der Waals surface area contributed by atoms with Crippen LogP contribution in [0.15, 0.2) is 55.0 Å². The zero-order valence-electron chi connectivity index (χ0n) is 20.0. The van der Waals surface area contributed by atoms with Crippen LogP contribution in [0, 0.1) is 17.5 Å². The fourth-order valence-electron chi connectivity index (χ4n) is 4.93. The van der Waals surface area contributed by atoms with Crippen LogP contribution in [0.25, 0.3) is 33.3 Å². The third-order valence-electron chi connectivity index (χ3n) is 6.73. The molecule has 4 heterocycles. The molecule has 1 aliphatic carbocycles. The van der Waals surface area contributed by atoms with Crippen LogP contribution in [0.4, 0.5) is 19.0 Å². The van der Waals surface area contributed by atoms with Crippen LogP contribution in [0.1, 0.15) is 36.2 Å². The van der Waals surface area contributed by atoms with Crippen LogP contribution in [0.3, 0.4) is 0 Å². The maximum absolute atomic E-state index is 14.7. The Morgan fingerprint density at radius 1 is 0.974 bits per heavy atom. The van der Waals surface area contributed by atoms with Gasteiger partial charge in [-0.2, -0.15) is 0 Å². The highest BCUT2D eigenvalue weighted by Gasteiger charge is 2.26. The summed E-state index contributed by atoms with van der Waals surface area (Å²) in [6.07, 6.45) is 7.08. The molecule has 1 aromatic carbocycles. The predicted molar refractivity (Wildman–Crippen MR) is 136 cm³/mol. The number of pyridine rings is 2. The lowest BCUT2D eigenvalue weighted by atomic mass is 9.91. The molecule has 4 aromatic heterocycles. The fourth-order valence-corrected chi connectivity index (χ4v) is 4.93. The number of amides is 1. The van der Waals surface area contributed by atoms with E-state index in [1.807, 2.05) is 0 Å². The number of hydrogen-bond donors (Lipinski definition) is 3. The summed E-state index contributed by atoms with van der Waals surface area (Å²) in [6.45, 7) is 0. The lowest BCUT2D eigenvalue weighted by molar-refractivity contribution is 0.0921. The molecule has 2 atom stereocenters. The van der Waals surface area contributed by atoms with E-state index in [0.717, 1.165) is 31.5 Å². The Balaban J connectivity index is 1.17. The highest BCUT2D eigenvalue weighted by Crippen LogP contribution is 2.30. The molecule has 0 bridgehead atoms. The Kier molecular flexibility index (Phi) is 6.10. The minimum Gasteiger partial charge on any atom is -0.365 e. The molecule has 1 amide bonds. The first-order valence-corrected chi connectivity index (χ1v) is 12.2. The van der Waals surface area contributed by atoms with Crippen molar-refractivity contribution >= 4 is 33.7 Å². The van der Waals surface area contributed by atoms with Crippen LogP contribution in [-0.2, 0) is 0 Å². The monoisotopic (exact) mass is 517 g/mol. The first-order chi connectivity index (χ1) is 18.4. The Labute approximate surface area is 214 Å². The SMILES string of the molecule is O=C(N[C@@H]1CCC[C@H](Nc2nc(-c3c[nH]c4c(F)cc(F)cc34)ncc2F)C1)c1ccc2ncccc2n1. The molecule has 0 radical (unpaired) electrons. The number of anilines is 1. The van der Waals surface area contributed by atoms with Gasteiger partial charge in [0.1, 0.15) is 17.3 Å². The van der Waals surface area contributed by atoms with Gasteiger partial charge in [-0.1, -0.05) is 0 Å². The van der Waals surface area contributed by atoms with Gasteiger partial charge < -0.3 is 15.6 Å². The fraction of sp³-hybridized carbons (Fsp3) is 0.222. The van der Waals surface area contributed by atoms with Crippen molar-refractivity contribution in [3.63, 3.8) is 0 Å². The molecular formula is C27H22F3N7O. The van der Waals surface area contributed by atoms with Crippen molar-refractivity contribution < 1.29 is 18.0 Å². The molecule has 192 valence electrons. The van der Waals surface area contributed by atoms with Gasteiger partial charge in [0.25, 0.3) is 5.91 Å². The number of benzene rings is 1. The van der Waals surface area contributed by atoms with Crippen LogP contribution in [0.2, 0.25) is 0 Å². The van der Waals surface area contributed by atoms with E-state index in [4.69, 9.17) is 0 Å². The molecule has 5 aromatic rings. The summed E-state index contributed by atoms with van der Waals surface area (Å²) in [4.78, 5) is 32.6. The van der Waals surface area contributed by atoms with E-state index >= 15 is 0 Å². The summed E-state index contributed by atoms with van der Waals surface area (Å²) < 4.78 is 42.6. The number of hydrogen-bond acceptors (Lipinski definition) is 6. The van der Waals surface area contributed by atoms with Gasteiger partial charge in [-0.25, -0.2) is 28.1 Å². The van der Waals surface area contributed by atoms with Gasteiger partial charge in [-0.3, -0.25) is 9.78 Å². The summed E-state index contributed by atoms with van der Waals surface area (Å²) in [5, 5.41) is 6.42. The quantitative estimate of drug-likeness (QED) is 0.298. The molecular weight excluding hydrogens is 495 g/mol. The second kappa shape index (κ2) is 9.73. The van der Waals surface area contributed by atoms with Crippen molar-refractivity contribution in [2.45, 2.75) is 37.8 Å². The second-order valence-corrected chi connectivity index (χ2v) is 9.32. The smallest absolute Gasteiger partial charge is 0.270 e. The van der Waals surface area contributed by atoms with Gasteiger partial charge in [-0.15, -0.1) is 0 Å². The number of rotatable bonds is 5. The molecule has 0 saturated heterocycles. The van der Waals surface area contributed by atoms with Crippen molar-refractivity contribution in [3.05, 3.63) is 78.1 Å². The molecule has 3 N–H and O–H groups in total. The number of carbonyl (C=O) groups is 1. The van der Waals surface area contributed by atoms with Crippen LogP contribution >= 0.6 is 0 Å². The minimum absolute atomic E-state index is 0.0121. The van der Waals surface area contributed by atoms with Crippen molar-refractivity contribution in [2.24, 2.45) is 0 Å². The standard InChI is InChI=1S/C27H22F3N7O/c28-14-9-17-18(12-32-24(17)19(29)10-14)25-33-13-20(30)26(37-25)34-15-3-1-4-16(11-15)35-27(38)23-7-6-21-22(36-23)5-2-8-31-21/h2,5-10,12-13,15-16,32H,1,3-4,11H2,(H,35,38)(H,33,34,37)/t15-,16+/m0/s1. The molecule has 0 aliphatic heterocycles. The number of halogens is 3. The first kappa shape index (κ1) is 23.8. The third-order valence-corrected chi connectivity index (χ3v) is 6.73. The summed E-state index contributed by atoms with van der Waals surface area (Å²) in [6, 6.07) is 8.64. The van der Waals surface area contributed by atoms with Gasteiger partial charge in [0.15, 0.2) is 17.5 Å². The molecule has 1 saturated carbocycles. The highest BCUT2D eigenvalue weighted by molar-refractivity contribution is 5.95. The summed E-state index contributed by atoms with van der Waals surface area (Å²) in [7, 11) is 0. The van der Waals surface area contributed by atoms with E-state index in [1.54, 1.807) is 30.5 Å². The number of fused-ring (bicyclic) bond motifs is 2. The van der Waals surface area contributed by atoms with E-state index in [1.165, 1.54) is 12.3 Å². The van der Waals surface area contributed by atoms with Crippen molar-refractivity contribution in [2.75, 3.05) is 5.32 Å². The highest BCUT2D eigenvalue weighted by atomic mass is 19.1. The topological polar surface area (TPSA) is 108 Å². The number of H-pyrrole nitrogens is 1. The van der Waals surface area contributed by atoms with E-state index in [0.29, 0.717) is 28.7 Å². The lowest BCUT2D eigenvalue weighted by Gasteiger charge is -2.30. The third kappa shape index (κ3) is 4.62. The zero-order chi connectivity index (χ0) is 26.2. The zero-order valence-corrected chi connectivity index (χ0v) is 20.0. The largest absolute Gasteiger partial charge is 0.365 e. The first-order valence-electron chi connectivity index (χ1n) is 12.2. The van der Waals surface area contributed by atoms with Gasteiger partial charge >= 0.3 is 0 Å². The lowest BCUT2D eigenvalue weighted by Crippen LogP contribution is -2.42. The normalized spacial score (nSPS) is 17.6. The van der Waals surface area contributed by atoms with Gasteiger partial charge in [0.2, 0.25) is 0 Å². The molecule has 0 spiro atoms. The molecule has 6 rings (SSSR count). The van der Waals surface area contributed by atoms with Crippen molar-refractivity contribution in [1.82, 2.24) is 30.2 Å². The summed E-state index contributed by atoms with van der Waals surface area (Å²) in [5.74, 6) is -2.29. The average molecular weight is 518 g/mol. The van der Waals surface area contributed by atoms with E-state index in [-0.39, 0.29) is 40.5 Å². The minimum atomic E-state index is -0.738. The molecule has 11 heteroatoms. The summed E-state index contributed by atoms with van der Waals surface area (Å²) >= 11 is 0. The molecule has 1 fully saturated rings. The van der Waals surface area contributed by atoms with E-state index in [2.05, 4.69) is 35.6 Å². The number of nitrogens with zero attached hydrogens (tertiary/aromatic N) is 4. The molecule has 38 heavy (non-hydrogen) atoms. The molecule has 1 aliphatic rings. The number of aromatic amines is 1. The van der Waals surface area contributed by atoms with Gasteiger partial charge in [-0.05, 0) is 56.0 Å². The van der Waals surface area contributed by atoms with Crippen LogP contribution in [0.5, 0.6) is 0 Å². The van der Waals surface area contributed by atoms with Gasteiger partial charge in [0.05, 0.1) is 22.7 Å². The van der Waals surface area contributed by atoms with Crippen LogP contribution < -0.4 is 10.6 Å². The Hall–Kier alpha value is -4.54. The summed E-state index contributed by atoms with van der Waals surface area (Å²) in [5.41, 5.74) is 2.12. The van der Waals surface area contributed by atoms with Crippen molar-refractivity contribution in [3.8, 4) is 11.4 Å². The Bertz CT molecular complexity index is 1670. The molecule has 0 unspecified atom stereocenters. The predicted octanol–water partition coefficient (Wildman–Crippen LogP) is 5.14. The van der Waals surface area contributed by atoms with Crippen LogP contribution in [-0.4, -0.2) is 42.9 Å². The van der Waals surface area contributed by atoms with E-state index in [9.17, 15) is 18.0 Å². The van der Waals surface area contributed by atoms with Crippen molar-refractivity contribution in [1.29, 1.82) is 0 Å². The Morgan fingerprint density at radius 2 is 1.84 bits per heavy atom. The van der Waals surface area contributed by atoms with Gasteiger partial charge in [0, 0.05) is 41.5 Å². The number of nitrogens with one attached hydrogen (secondary N) is 3.